The van der Waals surface area contributed by atoms with Crippen molar-refractivity contribution in [3.05, 3.63) is 0 Å². The summed E-state index contributed by atoms with van der Waals surface area (Å²) in [5, 5.41) is 0. The number of carbonyl (C=O) groups is 3. The molecule has 0 aromatic heterocycles. The monoisotopic (exact) mass is 143 g/mol. The molecule has 0 heterocycles. The van der Waals surface area contributed by atoms with E-state index in [2.05, 4.69) is 0 Å². The second-order valence-corrected chi connectivity index (χ2v) is 1.72. The van der Waals surface area contributed by atoms with Crippen molar-refractivity contribution in [3.8, 4) is 0 Å². The summed E-state index contributed by atoms with van der Waals surface area (Å²) in [5.74, 6) is 0. The number of carbonyl (C=O) groups excluding carboxylic acids is 3. The molecule has 4 heteroatoms. The van der Waals surface area contributed by atoms with E-state index in [0.29, 0.717) is 18.9 Å². The van der Waals surface area contributed by atoms with Crippen LogP contribution in [-0.4, -0.2) is 43.4 Å². The van der Waals surface area contributed by atoms with E-state index in [1.165, 1.54) is 4.90 Å². The first kappa shape index (κ1) is 8.97. The molecule has 0 unspecified atom stereocenters. The fraction of sp³-hybridized carbons (Fsp3) is 0.500. The van der Waals surface area contributed by atoms with Crippen molar-refractivity contribution in [2.75, 3.05) is 19.6 Å². The predicted molar refractivity (Wildman–Crippen MR) is 34.6 cm³/mol. The largest absolute Gasteiger partial charge is 0.302 e. The van der Waals surface area contributed by atoms with Gasteiger partial charge in [0.2, 0.25) is 0 Å². The zero-order chi connectivity index (χ0) is 7.82. The van der Waals surface area contributed by atoms with Gasteiger partial charge in [0.15, 0.2) is 0 Å². The van der Waals surface area contributed by atoms with Gasteiger partial charge in [0, 0.05) is 0 Å². The third-order valence-corrected chi connectivity index (χ3v) is 0.998. The zero-order valence-electron chi connectivity index (χ0n) is 5.53. The Morgan fingerprint density at radius 2 is 1.10 bits per heavy atom. The lowest BCUT2D eigenvalue weighted by Crippen LogP contribution is -2.29. The minimum Gasteiger partial charge on any atom is -0.302 e. The molecule has 0 aliphatic heterocycles. The molecule has 0 aliphatic rings. The number of aldehydes is 3. The molecule has 56 valence electrons. The van der Waals surface area contributed by atoms with Gasteiger partial charge in [-0.15, -0.1) is 0 Å². The second kappa shape index (κ2) is 6.10. The van der Waals surface area contributed by atoms with Crippen molar-refractivity contribution >= 4 is 18.9 Å². The molecule has 0 amide bonds. The fourth-order valence-electron chi connectivity index (χ4n) is 0.540. The number of hydrogen-bond acceptors (Lipinski definition) is 4. The lowest BCUT2D eigenvalue weighted by Gasteiger charge is -2.10. The van der Waals surface area contributed by atoms with Crippen molar-refractivity contribution < 1.29 is 14.4 Å². The quantitative estimate of drug-likeness (QED) is 0.442. The molecular formula is C6H9NO3. The minimum atomic E-state index is 0.136. The van der Waals surface area contributed by atoms with Gasteiger partial charge < -0.3 is 14.4 Å². The first-order valence-corrected chi connectivity index (χ1v) is 2.88. The third kappa shape index (κ3) is 3.91. The average molecular weight is 143 g/mol. The maximum absolute atomic E-state index is 9.89. The highest BCUT2D eigenvalue weighted by Gasteiger charge is 1.99. The van der Waals surface area contributed by atoms with Crippen LogP contribution >= 0.6 is 0 Å². The van der Waals surface area contributed by atoms with Gasteiger partial charge >= 0.3 is 0 Å². The Kier molecular flexibility index (Phi) is 5.47. The summed E-state index contributed by atoms with van der Waals surface area (Å²) in [6.07, 6.45) is 1.98. The van der Waals surface area contributed by atoms with Crippen LogP contribution in [0.15, 0.2) is 0 Å². The normalized spacial score (nSPS) is 9.30. The van der Waals surface area contributed by atoms with Gasteiger partial charge in [-0.2, -0.15) is 0 Å². The molecule has 0 fully saturated rings. The summed E-state index contributed by atoms with van der Waals surface area (Å²) in [5.41, 5.74) is 0. The van der Waals surface area contributed by atoms with E-state index in [4.69, 9.17) is 0 Å². The summed E-state index contributed by atoms with van der Waals surface area (Å²) >= 11 is 0. The molecule has 0 saturated carbocycles. The molecule has 0 saturated heterocycles. The molecule has 0 spiro atoms. The predicted octanol–water partition coefficient (Wildman–Crippen LogP) is -1.11. The van der Waals surface area contributed by atoms with Crippen molar-refractivity contribution in [2.45, 2.75) is 0 Å². The fourth-order valence-corrected chi connectivity index (χ4v) is 0.540. The van der Waals surface area contributed by atoms with E-state index < -0.39 is 0 Å². The van der Waals surface area contributed by atoms with Crippen LogP contribution in [0.1, 0.15) is 0 Å². The van der Waals surface area contributed by atoms with Crippen LogP contribution in [0.2, 0.25) is 0 Å². The smallest absolute Gasteiger partial charge is 0.134 e. The van der Waals surface area contributed by atoms with E-state index in [1.807, 2.05) is 0 Å². The van der Waals surface area contributed by atoms with Gasteiger partial charge in [0.25, 0.3) is 0 Å². The van der Waals surface area contributed by atoms with Gasteiger partial charge in [0.05, 0.1) is 19.6 Å². The zero-order valence-corrected chi connectivity index (χ0v) is 5.53. The Balaban J connectivity index is 3.58. The van der Waals surface area contributed by atoms with Gasteiger partial charge in [-0.3, -0.25) is 4.90 Å². The highest BCUT2D eigenvalue weighted by Crippen LogP contribution is 1.79. The van der Waals surface area contributed by atoms with Crippen LogP contribution in [-0.2, 0) is 14.4 Å². The minimum absolute atomic E-state index is 0.136. The van der Waals surface area contributed by atoms with Crippen LogP contribution in [0.25, 0.3) is 0 Å². The van der Waals surface area contributed by atoms with E-state index in [-0.39, 0.29) is 19.6 Å². The van der Waals surface area contributed by atoms with Gasteiger partial charge in [0.1, 0.15) is 18.9 Å². The second-order valence-electron chi connectivity index (χ2n) is 1.72. The summed E-state index contributed by atoms with van der Waals surface area (Å²) in [6.45, 7) is 0.409. The SMILES string of the molecule is O=CCN(CC=O)CC=O. The molecular weight excluding hydrogens is 134 g/mol. The number of rotatable bonds is 6. The summed E-state index contributed by atoms with van der Waals surface area (Å²) in [4.78, 5) is 31.1. The van der Waals surface area contributed by atoms with Gasteiger partial charge in [-0.05, 0) is 0 Å². The molecule has 10 heavy (non-hydrogen) atoms. The van der Waals surface area contributed by atoms with Crippen LogP contribution in [0.5, 0.6) is 0 Å². The molecule has 0 bridgehead atoms. The Morgan fingerprint density at radius 3 is 1.30 bits per heavy atom. The number of nitrogens with zero attached hydrogens (tertiary/aromatic N) is 1. The molecule has 0 aliphatic carbocycles. The lowest BCUT2D eigenvalue weighted by molar-refractivity contribution is -0.113. The highest BCUT2D eigenvalue weighted by molar-refractivity contribution is 5.59. The maximum atomic E-state index is 9.89. The van der Waals surface area contributed by atoms with Crippen LogP contribution in [0, 0.1) is 0 Å². The summed E-state index contributed by atoms with van der Waals surface area (Å²) < 4.78 is 0. The van der Waals surface area contributed by atoms with Crippen LogP contribution < -0.4 is 0 Å². The van der Waals surface area contributed by atoms with Crippen LogP contribution in [0.3, 0.4) is 0 Å². The third-order valence-electron chi connectivity index (χ3n) is 0.998. The molecule has 0 atom stereocenters. The summed E-state index contributed by atoms with van der Waals surface area (Å²) in [7, 11) is 0. The molecule has 0 radical (unpaired) electrons. The number of hydrogen-bond donors (Lipinski definition) is 0. The Labute approximate surface area is 58.8 Å². The molecule has 4 nitrogen and oxygen atoms in total. The maximum Gasteiger partial charge on any atom is 0.134 e. The van der Waals surface area contributed by atoms with Crippen molar-refractivity contribution in [1.29, 1.82) is 0 Å². The first-order valence-electron chi connectivity index (χ1n) is 2.88. The Hall–Kier alpha value is -1.03. The Bertz CT molecular complexity index is 100. The van der Waals surface area contributed by atoms with Crippen molar-refractivity contribution in [3.63, 3.8) is 0 Å². The van der Waals surface area contributed by atoms with Crippen molar-refractivity contribution in [2.24, 2.45) is 0 Å². The van der Waals surface area contributed by atoms with Gasteiger partial charge in [-0.25, -0.2) is 0 Å². The van der Waals surface area contributed by atoms with Crippen LogP contribution in [0.4, 0.5) is 0 Å². The molecule has 0 aromatic rings. The topological polar surface area (TPSA) is 54.5 Å². The average Bonchev–Trinajstić information content (AvgIpc) is 1.90. The Morgan fingerprint density at radius 1 is 0.800 bits per heavy atom. The standard InChI is InChI=1S/C6H9NO3/c8-4-1-7(2-5-9)3-6-10/h4-6H,1-3H2. The molecule has 0 N–H and O–H groups in total. The van der Waals surface area contributed by atoms with E-state index in [0.717, 1.165) is 0 Å². The van der Waals surface area contributed by atoms with Gasteiger partial charge in [-0.1, -0.05) is 0 Å². The van der Waals surface area contributed by atoms with E-state index in [1.54, 1.807) is 0 Å². The lowest BCUT2D eigenvalue weighted by atomic mass is 10.5. The van der Waals surface area contributed by atoms with E-state index in [9.17, 15) is 14.4 Å². The first-order chi connectivity index (χ1) is 4.85. The molecule has 0 aromatic carbocycles. The highest BCUT2D eigenvalue weighted by atomic mass is 16.1. The van der Waals surface area contributed by atoms with Crippen molar-refractivity contribution in [1.82, 2.24) is 4.90 Å². The van der Waals surface area contributed by atoms with E-state index >= 15 is 0 Å². The molecule has 0 rings (SSSR count). The summed E-state index contributed by atoms with van der Waals surface area (Å²) in [6, 6.07) is 0.